The van der Waals surface area contributed by atoms with E-state index < -0.39 is 4.92 Å². The molecule has 0 aliphatic carbocycles. The first-order valence-electron chi connectivity index (χ1n) is 44.7. The van der Waals surface area contributed by atoms with Crippen molar-refractivity contribution in [1.82, 2.24) is 65.7 Å². The molecule has 141 heavy (non-hydrogen) atoms. The molecule has 0 unspecified atom stereocenters. The fourth-order valence-corrected chi connectivity index (χ4v) is 16.9. The molecular weight excluding hydrogens is 1840 g/mol. The molecule has 0 atom stereocenters. The number of methoxy groups -OCH3 is 1. The minimum Gasteiger partial charge on any atom is -0.497 e. The standard InChI is InChI=1S/C19H16N2O.C16H13N3O.C16H16N2O2.C15H12Cl2N2O.C15H13ClN2O.C15H13FN2O.C15H13N3O3/c1-13-6-9-18-20-19(17(12-22)21(18)11-13)16-8-7-14-4-2-3-5-15(14)10-16;1-11-2-7-15-18-16(14(10-20)19(15)9-11)13-5-3-12(8-17)4-6-13;1-11-6-7-15-17-16(14(10-19)18(15)9-11)12-4-3-5-13(8-12)20-2;1-9-4-5-19-13(8-20)15(18-14(19)6-9)10-2-3-11(16)12(17)7-10;2*1-10-2-7-14-17-15(13(9-19)18(14)8-10)11-3-5-12(16)6-4-11;1-10-5-6-14-16-15(13(9-19)17(14)8-10)11-3-2-4-12(7-11)18(20)21/h2-11,22H,12H2,1H3;2-7,9,20H,10H2,1H3;3-9,19H,10H2,1-2H3;2-7,20H,8H2,1H3;2*2-8,19H,9H2,1H3;2-8,19H,9H2,1H3. The van der Waals surface area contributed by atoms with E-state index >= 15 is 0 Å². The second-order valence-electron chi connectivity index (χ2n) is 33.4. The number of halogens is 4. The van der Waals surface area contributed by atoms with Gasteiger partial charge in [0.25, 0.3) is 5.69 Å². The largest absolute Gasteiger partial charge is 0.497 e. The summed E-state index contributed by atoms with van der Waals surface area (Å²) in [5, 5.41) is 91.4. The van der Waals surface area contributed by atoms with Crippen LogP contribution in [0.5, 0.6) is 5.75 Å². The molecule has 22 rings (SSSR count). The lowest BCUT2D eigenvalue weighted by atomic mass is 10.0. The van der Waals surface area contributed by atoms with Crippen LogP contribution >= 0.6 is 34.8 Å². The number of rotatable bonds is 16. The molecule has 14 heterocycles. The Hall–Kier alpha value is -15.9. The number of nitrogens with zero attached hydrogens (tertiary/aromatic N) is 16. The topological polar surface area (TPSA) is 339 Å². The maximum absolute atomic E-state index is 13.0. The first kappa shape index (κ1) is 98.1. The Morgan fingerprint density at radius 2 is 0.652 bits per heavy atom. The van der Waals surface area contributed by atoms with Crippen molar-refractivity contribution in [2.45, 2.75) is 94.7 Å². The van der Waals surface area contributed by atoms with Gasteiger partial charge < -0.3 is 71.3 Å². The number of ether oxygens (including phenoxy) is 1. The Balaban J connectivity index is 0.000000119. The first-order valence-corrected chi connectivity index (χ1v) is 45.9. The van der Waals surface area contributed by atoms with Crippen molar-refractivity contribution in [3.63, 3.8) is 0 Å². The van der Waals surface area contributed by atoms with Crippen molar-refractivity contribution >= 4 is 90.8 Å². The molecule has 0 radical (unpaired) electrons. The van der Waals surface area contributed by atoms with Gasteiger partial charge in [-0.05, 0) is 226 Å². The van der Waals surface area contributed by atoms with Crippen molar-refractivity contribution in [2.24, 2.45) is 0 Å². The molecule has 0 aliphatic heterocycles. The van der Waals surface area contributed by atoms with Crippen LogP contribution in [0, 0.1) is 75.7 Å². The van der Waals surface area contributed by atoms with Gasteiger partial charge in [0.15, 0.2) is 0 Å². The second kappa shape index (κ2) is 43.8. The number of fused-ring (bicyclic) bond motifs is 8. The zero-order chi connectivity index (χ0) is 99.4. The number of non-ortho nitro benzene ring substituents is 1. The highest BCUT2D eigenvalue weighted by molar-refractivity contribution is 6.42. The number of nitro benzene ring substituents is 1. The van der Waals surface area contributed by atoms with Crippen LogP contribution in [0.1, 0.15) is 84.4 Å². The molecular formula is C111H96Cl3FN16O10. The SMILES string of the molecule is COc1cccc(-c2nc3ccc(C)cn3c2CO)c1.Cc1ccc2nc(-c3ccc(C#N)cc3)c(CO)n2c1.Cc1ccc2nc(-c3ccc(Cl)cc3)c(CO)n2c1.Cc1ccc2nc(-c3ccc(F)cc3)c(CO)n2c1.Cc1ccc2nc(-c3ccc4ccccc4c3)c(CO)n2c1.Cc1ccc2nc(-c3cccc([N+](=O)[O-])c3)c(CO)n2c1.Cc1ccn2c(CO)c(-c3ccc(Cl)c(Cl)c3)nc2c1. The fraction of sp³-hybridized carbons (Fsp3) is 0.135. The van der Waals surface area contributed by atoms with E-state index in [1.807, 2.05) is 286 Å². The van der Waals surface area contributed by atoms with Crippen molar-refractivity contribution in [3.8, 4) is 90.6 Å². The highest BCUT2D eigenvalue weighted by Crippen LogP contribution is 2.37. The zero-order valence-electron chi connectivity index (χ0n) is 77.9. The summed E-state index contributed by atoms with van der Waals surface area (Å²) in [6, 6.07) is 84.3. The summed E-state index contributed by atoms with van der Waals surface area (Å²) in [6.07, 6.45) is 13.7. The summed E-state index contributed by atoms with van der Waals surface area (Å²) in [5.74, 6) is 0.494. The van der Waals surface area contributed by atoms with E-state index in [0.29, 0.717) is 54.6 Å². The maximum Gasteiger partial charge on any atom is 0.270 e. The Morgan fingerprint density at radius 1 is 0.326 bits per heavy atom. The molecule has 14 aromatic heterocycles. The predicted molar refractivity (Wildman–Crippen MR) is 549 cm³/mol. The molecule has 0 amide bonds. The molecule has 0 saturated heterocycles. The van der Waals surface area contributed by atoms with Crippen LogP contribution in [0.15, 0.2) is 310 Å². The van der Waals surface area contributed by atoms with Crippen LogP contribution in [-0.4, -0.2) is 113 Å². The van der Waals surface area contributed by atoms with Gasteiger partial charge in [0.1, 0.15) is 51.1 Å². The van der Waals surface area contributed by atoms with Gasteiger partial charge in [-0.15, -0.1) is 0 Å². The van der Waals surface area contributed by atoms with Gasteiger partial charge >= 0.3 is 0 Å². The number of imidazole rings is 7. The third kappa shape index (κ3) is 21.7. The number of pyridine rings is 7. The van der Waals surface area contributed by atoms with E-state index in [2.05, 4.69) is 66.3 Å². The van der Waals surface area contributed by atoms with Crippen LogP contribution in [-0.2, 0) is 46.2 Å². The Morgan fingerprint density at radius 3 is 1.03 bits per heavy atom. The Labute approximate surface area is 824 Å². The molecule has 0 saturated carbocycles. The Kier molecular flexibility index (Phi) is 30.5. The van der Waals surface area contributed by atoms with Gasteiger partial charge in [-0.25, -0.2) is 39.3 Å². The highest BCUT2D eigenvalue weighted by atomic mass is 35.5. The minimum absolute atomic E-state index is 0.00428. The van der Waals surface area contributed by atoms with Crippen LogP contribution in [0.3, 0.4) is 0 Å². The maximum atomic E-state index is 13.0. The van der Waals surface area contributed by atoms with Crippen LogP contribution in [0.4, 0.5) is 10.1 Å². The van der Waals surface area contributed by atoms with Crippen LogP contribution in [0.2, 0.25) is 15.1 Å². The number of benzene rings is 8. The summed E-state index contributed by atoms with van der Waals surface area (Å²) < 4.78 is 31.5. The van der Waals surface area contributed by atoms with Gasteiger partial charge in [-0.2, -0.15) is 5.26 Å². The van der Waals surface area contributed by atoms with E-state index in [4.69, 9.17) is 49.8 Å². The molecule has 7 N–H and O–H groups in total. The number of aliphatic hydroxyl groups excluding tert-OH is 7. The lowest BCUT2D eigenvalue weighted by molar-refractivity contribution is -0.384. The quantitative estimate of drug-likeness (QED) is 0.0349. The Bertz CT molecular complexity index is 8260. The molecule has 0 spiro atoms. The summed E-state index contributed by atoms with van der Waals surface area (Å²) in [4.78, 5) is 42.5. The number of hydrogen-bond acceptors (Lipinski definition) is 18. The lowest BCUT2D eigenvalue weighted by Crippen LogP contribution is -1.95. The molecule has 30 heteroatoms. The van der Waals surface area contributed by atoms with Gasteiger partial charge in [0.05, 0.1) is 160 Å². The van der Waals surface area contributed by atoms with Gasteiger partial charge in [0, 0.05) is 99.5 Å². The van der Waals surface area contributed by atoms with E-state index in [0.717, 1.165) is 169 Å². The summed E-state index contributed by atoms with van der Waals surface area (Å²) >= 11 is 17.9. The van der Waals surface area contributed by atoms with Crippen molar-refractivity contribution in [2.75, 3.05) is 7.11 Å². The average Bonchev–Trinajstić information content (AvgIpc) is 1.65. The third-order valence-corrected chi connectivity index (χ3v) is 24.5. The summed E-state index contributed by atoms with van der Waals surface area (Å²) in [7, 11) is 1.64. The monoisotopic (exact) mass is 1940 g/mol. The minimum atomic E-state index is -0.442. The van der Waals surface area contributed by atoms with Crippen LogP contribution in [0.25, 0.3) is 129 Å². The van der Waals surface area contributed by atoms with Crippen molar-refractivity contribution < 1.29 is 49.8 Å². The molecule has 22 aromatic rings. The van der Waals surface area contributed by atoms with Gasteiger partial charge in [-0.3, -0.25) is 10.1 Å². The molecule has 0 bridgehead atoms. The van der Waals surface area contributed by atoms with E-state index in [1.54, 1.807) is 55.6 Å². The molecule has 0 fully saturated rings. The highest BCUT2D eigenvalue weighted by Gasteiger charge is 2.23. The molecule has 0 aliphatic rings. The molecule has 8 aromatic carbocycles. The predicted octanol–water partition coefficient (Wildman–Crippen LogP) is 22.7. The van der Waals surface area contributed by atoms with Gasteiger partial charge in [-0.1, -0.05) is 162 Å². The van der Waals surface area contributed by atoms with Crippen molar-refractivity contribution in [3.05, 3.63) is 426 Å². The van der Waals surface area contributed by atoms with E-state index in [1.165, 1.54) is 35.0 Å². The second-order valence-corrected chi connectivity index (χ2v) is 34.7. The average molecular weight is 1940 g/mol. The fourth-order valence-electron chi connectivity index (χ4n) is 16.5. The molecule has 26 nitrogen and oxygen atoms in total. The zero-order valence-corrected chi connectivity index (χ0v) is 80.2. The number of aromatic nitrogens is 14. The number of nitro groups is 1. The molecule has 708 valence electrons. The first-order chi connectivity index (χ1) is 68.3. The van der Waals surface area contributed by atoms with Crippen LogP contribution < -0.4 is 4.74 Å². The van der Waals surface area contributed by atoms with E-state index in [9.17, 15) is 50.3 Å². The summed E-state index contributed by atoms with van der Waals surface area (Å²) in [5.41, 5.74) is 30.4. The number of aryl methyl sites for hydroxylation is 7. The third-order valence-electron chi connectivity index (χ3n) is 23.5. The number of aliphatic hydroxyl groups is 7. The van der Waals surface area contributed by atoms with Crippen molar-refractivity contribution in [1.29, 1.82) is 5.26 Å². The van der Waals surface area contributed by atoms with Gasteiger partial charge in [0.2, 0.25) is 0 Å². The smallest absolute Gasteiger partial charge is 0.270 e. The summed E-state index contributed by atoms with van der Waals surface area (Å²) in [6.45, 7) is 13.4. The lowest BCUT2D eigenvalue weighted by Gasteiger charge is -2.04. The number of hydrogen-bond donors (Lipinski definition) is 7. The number of nitriles is 1. The normalized spacial score (nSPS) is 11.0. The van der Waals surface area contributed by atoms with E-state index in [-0.39, 0.29) is 57.8 Å².